The van der Waals surface area contributed by atoms with Crippen LogP contribution in [0.4, 0.5) is 0 Å². The number of aliphatic imine (C=N–C) groups is 1. The molecule has 2 saturated heterocycles. The number of hydrogen-bond donors (Lipinski definition) is 1. The van der Waals surface area contributed by atoms with E-state index in [0.717, 1.165) is 51.6 Å². The molecule has 2 fully saturated rings. The maximum absolute atomic E-state index is 11.6. The highest BCUT2D eigenvalue weighted by molar-refractivity contribution is 14.0. The summed E-state index contributed by atoms with van der Waals surface area (Å²) in [5.74, 6) is 1.71. The molecule has 0 amide bonds. The molecule has 152 valence electrons. The van der Waals surface area contributed by atoms with Gasteiger partial charge in [-0.25, -0.2) is 8.42 Å². The maximum atomic E-state index is 11.6. The zero-order chi connectivity index (χ0) is 18.4. The Balaban J connectivity index is 0.00000261. The summed E-state index contributed by atoms with van der Waals surface area (Å²) in [4.78, 5) is 9.51. The molecule has 27 heavy (non-hydrogen) atoms. The van der Waals surface area contributed by atoms with Gasteiger partial charge in [-0.05, 0) is 24.8 Å². The molecule has 0 aliphatic carbocycles. The molecule has 1 unspecified atom stereocenters. The smallest absolute Gasteiger partial charge is 0.194 e. The fraction of sp³-hybridized carbons (Fsp3) is 0.632. The number of sulfone groups is 1. The van der Waals surface area contributed by atoms with Crippen LogP contribution in [0.25, 0.3) is 0 Å². The zero-order valence-electron chi connectivity index (χ0n) is 16.0. The number of benzene rings is 1. The zero-order valence-corrected chi connectivity index (χ0v) is 19.2. The predicted octanol–water partition coefficient (Wildman–Crippen LogP) is 1.82. The molecule has 0 spiro atoms. The van der Waals surface area contributed by atoms with E-state index in [2.05, 4.69) is 52.4 Å². The van der Waals surface area contributed by atoms with Crippen molar-refractivity contribution in [3.05, 3.63) is 35.9 Å². The number of nitrogens with zero attached hydrogens (tertiary/aromatic N) is 3. The van der Waals surface area contributed by atoms with Crippen LogP contribution in [-0.2, 0) is 16.4 Å². The topological polar surface area (TPSA) is 65.0 Å². The third-order valence-corrected chi connectivity index (χ3v) is 6.92. The van der Waals surface area contributed by atoms with Crippen LogP contribution in [0.15, 0.2) is 35.3 Å². The number of hydrogen-bond acceptors (Lipinski definition) is 4. The molecule has 1 aromatic rings. The molecule has 1 aromatic carbocycles. The lowest BCUT2D eigenvalue weighted by atomic mass is 10.1. The molecule has 3 rings (SSSR count). The Morgan fingerprint density at radius 3 is 2.48 bits per heavy atom. The maximum Gasteiger partial charge on any atom is 0.194 e. The van der Waals surface area contributed by atoms with Crippen molar-refractivity contribution in [2.45, 2.75) is 19.9 Å². The highest BCUT2D eigenvalue weighted by Crippen LogP contribution is 2.18. The van der Waals surface area contributed by atoms with Gasteiger partial charge < -0.3 is 10.2 Å². The summed E-state index contributed by atoms with van der Waals surface area (Å²) >= 11 is 0. The van der Waals surface area contributed by atoms with Gasteiger partial charge >= 0.3 is 0 Å². The van der Waals surface area contributed by atoms with Crippen molar-refractivity contribution in [3.63, 3.8) is 0 Å². The van der Waals surface area contributed by atoms with Crippen LogP contribution in [0.3, 0.4) is 0 Å². The Morgan fingerprint density at radius 1 is 1.19 bits per heavy atom. The van der Waals surface area contributed by atoms with Gasteiger partial charge in [-0.1, -0.05) is 30.3 Å². The normalized spacial score (nSPS) is 23.1. The van der Waals surface area contributed by atoms with Gasteiger partial charge in [0.2, 0.25) is 0 Å². The average Bonchev–Trinajstić information content (AvgIpc) is 2.99. The van der Waals surface area contributed by atoms with E-state index in [-0.39, 0.29) is 29.9 Å². The minimum atomic E-state index is -2.83. The Labute approximate surface area is 180 Å². The Hall–Kier alpha value is -0.870. The standard InChI is InChI=1S/C19H30N4O2S.HI/c1-2-20-19(21-14-18-8-13-26(24,25)16-18)23-11-9-22(10-12-23)15-17-6-4-3-5-7-17;/h3-7,18H,2,8-16H2,1H3,(H,20,21);1H. The second-order valence-corrected chi connectivity index (χ2v) is 9.44. The first-order valence-electron chi connectivity index (χ1n) is 9.55. The van der Waals surface area contributed by atoms with E-state index >= 15 is 0 Å². The van der Waals surface area contributed by atoms with Gasteiger partial charge in [0.15, 0.2) is 15.8 Å². The fourth-order valence-electron chi connectivity index (χ4n) is 3.62. The van der Waals surface area contributed by atoms with Crippen LogP contribution in [0.1, 0.15) is 18.9 Å². The lowest BCUT2D eigenvalue weighted by Crippen LogP contribution is -2.52. The summed E-state index contributed by atoms with van der Waals surface area (Å²) in [6.07, 6.45) is 0.746. The van der Waals surface area contributed by atoms with E-state index in [1.165, 1.54) is 5.56 Å². The number of nitrogens with one attached hydrogen (secondary N) is 1. The van der Waals surface area contributed by atoms with Gasteiger partial charge in [-0.2, -0.15) is 0 Å². The van der Waals surface area contributed by atoms with Gasteiger partial charge in [0, 0.05) is 45.8 Å². The minimum absolute atomic E-state index is 0. The largest absolute Gasteiger partial charge is 0.357 e. The number of halogens is 1. The Morgan fingerprint density at radius 2 is 1.89 bits per heavy atom. The summed E-state index contributed by atoms with van der Waals surface area (Å²) in [5, 5.41) is 3.37. The monoisotopic (exact) mass is 506 g/mol. The van der Waals surface area contributed by atoms with Crippen molar-refractivity contribution in [3.8, 4) is 0 Å². The van der Waals surface area contributed by atoms with Crippen molar-refractivity contribution in [2.24, 2.45) is 10.9 Å². The van der Waals surface area contributed by atoms with E-state index in [1.54, 1.807) is 0 Å². The van der Waals surface area contributed by atoms with Crippen LogP contribution in [-0.4, -0.2) is 75.0 Å². The second kappa shape index (κ2) is 10.6. The fourth-order valence-corrected chi connectivity index (χ4v) is 5.47. The highest BCUT2D eigenvalue weighted by atomic mass is 127. The number of piperazine rings is 1. The SMILES string of the molecule is CCNC(=NCC1CCS(=O)(=O)C1)N1CCN(Cc2ccccc2)CC1.I. The first kappa shape index (κ1) is 22.4. The van der Waals surface area contributed by atoms with E-state index in [4.69, 9.17) is 4.99 Å². The lowest BCUT2D eigenvalue weighted by molar-refractivity contribution is 0.172. The van der Waals surface area contributed by atoms with Gasteiger partial charge in [0.1, 0.15) is 0 Å². The van der Waals surface area contributed by atoms with Crippen LogP contribution in [0, 0.1) is 5.92 Å². The first-order valence-corrected chi connectivity index (χ1v) is 11.4. The van der Waals surface area contributed by atoms with Crippen LogP contribution in [0.2, 0.25) is 0 Å². The molecule has 8 heteroatoms. The quantitative estimate of drug-likeness (QED) is 0.375. The van der Waals surface area contributed by atoms with Gasteiger partial charge in [0.05, 0.1) is 11.5 Å². The summed E-state index contributed by atoms with van der Waals surface area (Å²) in [6, 6.07) is 10.6. The minimum Gasteiger partial charge on any atom is -0.357 e. The lowest BCUT2D eigenvalue weighted by Gasteiger charge is -2.36. The highest BCUT2D eigenvalue weighted by Gasteiger charge is 2.28. The molecule has 2 aliphatic rings. The third-order valence-electron chi connectivity index (χ3n) is 5.08. The third kappa shape index (κ3) is 6.90. The van der Waals surface area contributed by atoms with Crippen molar-refractivity contribution in [1.29, 1.82) is 0 Å². The molecule has 0 bridgehead atoms. The van der Waals surface area contributed by atoms with Crippen LogP contribution >= 0.6 is 24.0 Å². The molecular formula is C19H31IN4O2S. The second-order valence-electron chi connectivity index (χ2n) is 7.21. The van der Waals surface area contributed by atoms with Crippen LogP contribution < -0.4 is 5.32 Å². The van der Waals surface area contributed by atoms with E-state index in [9.17, 15) is 8.42 Å². The number of rotatable bonds is 5. The molecular weight excluding hydrogens is 475 g/mol. The van der Waals surface area contributed by atoms with E-state index in [1.807, 2.05) is 0 Å². The van der Waals surface area contributed by atoms with Gasteiger partial charge in [0.25, 0.3) is 0 Å². The number of guanidine groups is 1. The van der Waals surface area contributed by atoms with Crippen molar-refractivity contribution < 1.29 is 8.42 Å². The summed E-state index contributed by atoms with van der Waals surface area (Å²) in [7, 11) is -2.83. The van der Waals surface area contributed by atoms with E-state index in [0.29, 0.717) is 18.1 Å². The molecule has 2 heterocycles. The Kier molecular flexibility index (Phi) is 8.81. The molecule has 2 aliphatic heterocycles. The predicted molar refractivity (Wildman–Crippen MR) is 121 cm³/mol. The van der Waals surface area contributed by atoms with Crippen LogP contribution in [0.5, 0.6) is 0 Å². The van der Waals surface area contributed by atoms with Gasteiger partial charge in [-0.3, -0.25) is 9.89 Å². The summed E-state index contributed by atoms with van der Waals surface area (Å²) < 4.78 is 23.2. The molecule has 0 saturated carbocycles. The molecule has 1 atom stereocenters. The molecule has 6 nitrogen and oxygen atoms in total. The molecule has 1 N–H and O–H groups in total. The van der Waals surface area contributed by atoms with Gasteiger partial charge in [-0.15, -0.1) is 24.0 Å². The van der Waals surface area contributed by atoms with Crippen molar-refractivity contribution in [2.75, 3.05) is 50.8 Å². The molecule has 0 radical (unpaired) electrons. The van der Waals surface area contributed by atoms with Crippen molar-refractivity contribution >= 4 is 39.8 Å². The van der Waals surface area contributed by atoms with Crippen molar-refractivity contribution in [1.82, 2.24) is 15.1 Å². The summed E-state index contributed by atoms with van der Waals surface area (Å²) in [5.41, 5.74) is 1.35. The molecule has 0 aromatic heterocycles. The average molecular weight is 506 g/mol. The van der Waals surface area contributed by atoms with E-state index < -0.39 is 9.84 Å². The Bertz CT molecular complexity index is 704. The first-order chi connectivity index (χ1) is 12.6. The summed E-state index contributed by atoms with van der Waals surface area (Å²) in [6.45, 7) is 8.40.